The third-order valence-electron chi connectivity index (χ3n) is 3.30. The van der Waals surface area contributed by atoms with Crippen LogP contribution >= 0.6 is 11.6 Å². The van der Waals surface area contributed by atoms with Gasteiger partial charge in [-0.2, -0.15) is 0 Å². The summed E-state index contributed by atoms with van der Waals surface area (Å²) in [6, 6.07) is 11.9. The smallest absolute Gasteiger partial charge is 0.310 e. The summed E-state index contributed by atoms with van der Waals surface area (Å²) >= 11 is 5.99. The molecule has 25 heavy (non-hydrogen) atoms. The van der Waals surface area contributed by atoms with E-state index in [0.29, 0.717) is 27.8 Å². The van der Waals surface area contributed by atoms with E-state index >= 15 is 0 Å². The van der Waals surface area contributed by atoms with E-state index in [9.17, 15) is 9.59 Å². The number of benzene rings is 2. The van der Waals surface area contributed by atoms with E-state index in [2.05, 4.69) is 5.32 Å². The summed E-state index contributed by atoms with van der Waals surface area (Å²) < 4.78 is 16.1. The first-order valence-corrected chi connectivity index (χ1v) is 7.86. The van der Waals surface area contributed by atoms with E-state index in [-0.39, 0.29) is 24.9 Å². The SMILES string of the molecule is CNC(=O)COc1cc(Cl)ccc1Oc1ccccc1CC(=O)OC. The van der Waals surface area contributed by atoms with Crippen LogP contribution in [0.15, 0.2) is 42.5 Å². The van der Waals surface area contributed by atoms with Gasteiger partial charge in [-0.15, -0.1) is 0 Å². The number of likely N-dealkylation sites (N-methyl/N-ethyl adjacent to an activating group) is 1. The van der Waals surface area contributed by atoms with Crippen molar-refractivity contribution in [3.05, 3.63) is 53.1 Å². The Bertz CT molecular complexity index is 763. The quantitative estimate of drug-likeness (QED) is 0.765. The average molecular weight is 364 g/mol. The fourth-order valence-corrected chi connectivity index (χ4v) is 2.15. The molecule has 0 unspecified atom stereocenters. The lowest BCUT2D eigenvalue weighted by Crippen LogP contribution is -2.24. The molecule has 0 radical (unpaired) electrons. The highest BCUT2D eigenvalue weighted by atomic mass is 35.5. The predicted octanol–water partition coefficient (Wildman–Crippen LogP) is 2.97. The number of hydrogen-bond acceptors (Lipinski definition) is 5. The molecule has 0 atom stereocenters. The zero-order valence-corrected chi connectivity index (χ0v) is 14.6. The zero-order valence-electron chi connectivity index (χ0n) is 13.9. The first-order chi connectivity index (χ1) is 12.0. The van der Waals surface area contributed by atoms with E-state index in [1.54, 1.807) is 42.5 Å². The number of esters is 1. The van der Waals surface area contributed by atoms with Crippen LogP contribution in [0.4, 0.5) is 0 Å². The van der Waals surface area contributed by atoms with Crippen molar-refractivity contribution in [2.24, 2.45) is 0 Å². The van der Waals surface area contributed by atoms with Gasteiger partial charge in [0.25, 0.3) is 5.91 Å². The fraction of sp³-hybridized carbons (Fsp3) is 0.222. The van der Waals surface area contributed by atoms with E-state index < -0.39 is 0 Å². The van der Waals surface area contributed by atoms with Crippen molar-refractivity contribution in [3.63, 3.8) is 0 Å². The van der Waals surface area contributed by atoms with Gasteiger partial charge in [0.2, 0.25) is 0 Å². The molecule has 0 aliphatic rings. The molecule has 1 N–H and O–H groups in total. The second-order valence-electron chi connectivity index (χ2n) is 5.02. The lowest BCUT2D eigenvalue weighted by Gasteiger charge is -2.14. The fourth-order valence-electron chi connectivity index (χ4n) is 1.99. The van der Waals surface area contributed by atoms with Gasteiger partial charge >= 0.3 is 5.97 Å². The number of carbonyl (C=O) groups excluding carboxylic acids is 2. The van der Waals surface area contributed by atoms with Crippen molar-refractivity contribution in [1.29, 1.82) is 0 Å². The molecular formula is C18H18ClNO5. The molecule has 1 amide bonds. The van der Waals surface area contributed by atoms with Crippen molar-refractivity contribution in [2.75, 3.05) is 20.8 Å². The summed E-state index contributed by atoms with van der Waals surface area (Å²) in [6.07, 6.45) is 0.0781. The van der Waals surface area contributed by atoms with Gasteiger partial charge < -0.3 is 19.5 Å². The molecule has 2 aromatic carbocycles. The average Bonchev–Trinajstić information content (AvgIpc) is 2.62. The minimum absolute atomic E-state index is 0.0781. The molecule has 0 aliphatic carbocycles. The van der Waals surface area contributed by atoms with Crippen molar-refractivity contribution < 1.29 is 23.8 Å². The predicted molar refractivity (Wildman–Crippen MR) is 93.2 cm³/mol. The van der Waals surface area contributed by atoms with Gasteiger partial charge in [0.05, 0.1) is 13.5 Å². The normalized spacial score (nSPS) is 10.0. The number of hydrogen-bond donors (Lipinski definition) is 1. The molecule has 0 saturated heterocycles. The third-order valence-corrected chi connectivity index (χ3v) is 3.53. The van der Waals surface area contributed by atoms with Crippen LogP contribution in [0, 0.1) is 0 Å². The lowest BCUT2D eigenvalue weighted by molar-refractivity contribution is -0.139. The molecule has 132 valence electrons. The minimum Gasteiger partial charge on any atom is -0.480 e. The molecule has 0 bridgehead atoms. The van der Waals surface area contributed by atoms with Crippen LogP contribution in [0.25, 0.3) is 0 Å². The number of carbonyl (C=O) groups is 2. The Morgan fingerprint density at radius 1 is 1.08 bits per heavy atom. The number of ether oxygens (including phenoxy) is 3. The molecule has 0 fully saturated rings. The molecular weight excluding hydrogens is 346 g/mol. The van der Waals surface area contributed by atoms with E-state index in [4.69, 9.17) is 25.8 Å². The van der Waals surface area contributed by atoms with Crippen molar-refractivity contribution >= 4 is 23.5 Å². The minimum atomic E-state index is -0.372. The van der Waals surface area contributed by atoms with E-state index in [0.717, 1.165) is 0 Å². The van der Waals surface area contributed by atoms with Crippen LogP contribution < -0.4 is 14.8 Å². The number of rotatable bonds is 7. The van der Waals surface area contributed by atoms with Crippen LogP contribution in [0.1, 0.15) is 5.56 Å². The Morgan fingerprint density at radius 3 is 2.56 bits per heavy atom. The Kier molecular flexibility index (Phi) is 6.65. The molecule has 6 nitrogen and oxygen atoms in total. The molecule has 0 heterocycles. The second kappa shape index (κ2) is 8.94. The summed E-state index contributed by atoms with van der Waals surface area (Å²) in [5.41, 5.74) is 0.668. The molecule has 7 heteroatoms. The van der Waals surface area contributed by atoms with Gasteiger partial charge in [0, 0.05) is 23.7 Å². The lowest BCUT2D eigenvalue weighted by atomic mass is 10.1. The summed E-state index contributed by atoms with van der Waals surface area (Å²) in [6.45, 7) is -0.170. The van der Waals surface area contributed by atoms with Crippen LogP contribution in [-0.4, -0.2) is 32.6 Å². The van der Waals surface area contributed by atoms with Crippen LogP contribution in [0.5, 0.6) is 17.2 Å². The van der Waals surface area contributed by atoms with Crippen LogP contribution in [-0.2, 0) is 20.7 Å². The maximum absolute atomic E-state index is 11.5. The number of para-hydroxylation sites is 1. The highest BCUT2D eigenvalue weighted by Crippen LogP contribution is 2.35. The van der Waals surface area contributed by atoms with Crippen molar-refractivity contribution in [3.8, 4) is 17.2 Å². The van der Waals surface area contributed by atoms with Gasteiger partial charge in [-0.05, 0) is 18.2 Å². The number of methoxy groups -OCH3 is 1. The molecule has 0 aromatic heterocycles. The molecule has 0 saturated carbocycles. The van der Waals surface area contributed by atoms with Crippen LogP contribution in [0.2, 0.25) is 5.02 Å². The van der Waals surface area contributed by atoms with Gasteiger partial charge in [-0.25, -0.2) is 0 Å². The Morgan fingerprint density at radius 2 is 1.84 bits per heavy atom. The molecule has 2 rings (SSSR count). The summed E-state index contributed by atoms with van der Waals surface area (Å²) in [5.74, 6) is 0.537. The highest BCUT2D eigenvalue weighted by Gasteiger charge is 2.13. The summed E-state index contributed by atoms with van der Waals surface area (Å²) in [4.78, 5) is 22.9. The van der Waals surface area contributed by atoms with Crippen molar-refractivity contribution in [1.82, 2.24) is 5.32 Å². The first-order valence-electron chi connectivity index (χ1n) is 7.49. The largest absolute Gasteiger partial charge is 0.480 e. The van der Waals surface area contributed by atoms with E-state index in [1.165, 1.54) is 14.2 Å². The Balaban J connectivity index is 2.25. The second-order valence-corrected chi connectivity index (χ2v) is 5.45. The molecule has 0 spiro atoms. The van der Waals surface area contributed by atoms with Gasteiger partial charge in [-0.1, -0.05) is 29.8 Å². The maximum Gasteiger partial charge on any atom is 0.310 e. The molecule has 2 aromatic rings. The van der Waals surface area contributed by atoms with E-state index in [1.807, 2.05) is 0 Å². The Hall–Kier alpha value is -2.73. The van der Waals surface area contributed by atoms with Gasteiger partial charge in [-0.3, -0.25) is 9.59 Å². The van der Waals surface area contributed by atoms with Gasteiger partial charge in [0.15, 0.2) is 18.1 Å². The monoisotopic (exact) mass is 363 g/mol. The van der Waals surface area contributed by atoms with Crippen LogP contribution in [0.3, 0.4) is 0 Å². The zero-order chi connectivity index (χ0) is 18.2. The first kappa shape index (κ1) is 18.6. The topological polar surface area (TPSA) is 73.9 Å². The number of halogens is 1. The summed E-state index contributed by atoms with van der Waals surface area (Å²) in [5, 5.41) is 2.91. The van der Waals surface area contributed by atoms with Crippen molar-refractivity contribution in [2.45, 2.75) is 6.42 Å². The number of nitrogens with one attached hydrogen (secondary N) is 1. The molecule has 0 aliphatic heterocycles. The summed E-state index contributed by atoms with van der Waals surface area (Å²) in [7, 11) is 2.85. The Labute approximate surface area is 150 Å². The number of amides is 1. The standard InChI is InChI=1S/C18H18ClNO5/c1-20-17(21)11-24-16-10-13(19)7-8-15(16)25-14-6-4-3-5-12(14)9-18(22)23-2/h3-8,10H,9,11H2,1-2H3,(H,20,21). The third kappa shape index (κ3) is 5.39. The van der Waals surface area contributed by atoms with Gasteiger partial charge in [0.1, 0.15) is 5.75 Å². The maximum atomic E-state index is 11.5. The highest BCUT2D eigenvalue weighted by molar-refractivity contribution is 6.30.